The van der Waals surface area contributed by atoms with Gasteiger partial charge in [0.1, 0.15) is 0 Å². The Hall–Kier alpha value is 0.580. The van der Waals surface area contributed by atoms with Crippen molar-refractivity contribution in [2.24, 2.45) is 0 Å². The second kappa shape index (κ2) is 6.95. The summed E-state index contributed by atoms with van der Waals surface area (Å²) in [5.41, 5.74) is 0. The molecule has 2 saturated carbocycles. The molecule has 0 saturated heterocycles. The molecule has 0 aromatic heterocycles. The average molecular weight is 223 g/mol. The highest BCUT2D eigenvalue weighted by Crippen LogP contribution is 2.22. The zero-order valence-electron chi connectivity index (χ0n) is 8.27. The van der Waals surface area contributed by atoms with E-state index in [1.165, 1.54) is 57.8 Å². The van der Waals surface area contributed by atoms with E-state index in [2.05, 4.69) is 0 Å². The van der Waals surface area contributed by atoms with Crippen molar-refractivity contribution in [3.8, 4) is 0 Å². The van der Waals surface area contributed by atoms with Crippen molar-refractivity contribution >= 4 is 23.2 Å². The third kappa shape index (κ3) is 5.80. The van der Waals surface area contributed by atoms with Gasteiger partial charge in [0.2, 0.25) is 0 Å². The van der Waals surface area contributed by atoms with Gasteiger partial charge in [-0.05, 0) is 25.7 Å². The zero-order chi connectivity index (χ0) is 9.52. The lowest BCUT2D eigenvalue weighted by molar-refractivity contribution is 0.511. The van der Waals surface area contributed by atoms with Gasteiger partial charge in [-0.2, -0.15) is 0 Å². The summed E-state index contributed by atoms with van der Waals surface area (Å²) in [6, 6.07) is 0. The van der Waals surface area contributed by atoms with Crippen molar-refractivity contribution in [2.45, 2.75) is 68.5 Å². The summed E-state index contributed by atoms with van der Waals surface area (Å²) in [5, 5.41) is 1.03. The molecule has 0 radical (unpaired) electrons. The molecule has 0 spiro atoms. The summed E-state index contributed by atoms with van der Waals surface area (Å²) in [4.78, 5) is 0. The molecule has 0 heterocycles. The SMILES string of the molecule is ClC1CCCC1.ClC1CCCCC1. The van der Waals surface area contributed by atoms with Crippen LogP contribution in [0, 0.1) is 0 Å². The maximum absolute atomic E-state index is 5.82. The van der Waals surface area contributed by atoms with Crippen molar-refractivity contribution in [3.63, 3.8) is 0 Å². The minimum Gasteiger partial charge on any atom is -0.123 e. The van der Waals surface area contributed by atoms with E-state index < -0.39 is 0 Å². The molecular weight excluding hydrogens is 203 g/mol. The highest BCUT2D eigenvalue weighted by Gasteiger charge is 2.09. The third-order valence-corrected chi connectivity index (χ3v) is 3.69. The second-order valence-electron chi connectivity index (χ2n) is 4.12. The highest BCUT2D eigenvalue weighted by atomic mass is 35.5. The van der Waals surface area contributed by atoms with Crippen molar-refractivity contribution in [1.29, 1.82) is 0 Å². The molecule has 2 heteroatoms. The molecule has 0 aromatic carbocycles. The van der Waals surface area contributed by atoms with Crippen molar-refractivity contribution < 1.29 is 0 Å². The van der Waals surface area contributed by atoms with Gasteiger partial charge in [-0.1, -0.05) is 32.1 Å². The number of hydrogen-bond acceptors (Lipinski definition) is 0. The van der Waals surface area contributed by atoms with Gasteiger partial charge in [0.05, 0.1) is 0 Å². The largest absolute Gasteiger partial charge is 0.123 e. The molecule has 0 aliphatic heterocycles. The molecule has 0 aromatic rings. The van der Waals surface area contributed by atoms with E-state index in [4.69, 9.17) is 23.2 Å². The lowest BCUT2D eigenvalue weighted by Crippen LogP contribution is -2.03. The first-order chi connectivity index (χ1) is 6.29. The van der Waals surface area contributed by atoms with Gasteiger partial charge in [0.25, 0.3) is 0 Å². The Morgan fingerprint density at radius 1 is 0.538 bits per heavy atom. The summed E-state index contributed by atoms with van der Waals surface area (Å²) >= 11 is 11.5. The maximum Gasteiger partial charge on any atom is 0.0336 e. The number of hydrogen-bond donors (Lipinski definition) is 0. The number of alkyl halides is 2. The van der Waals surface area contributed by atoms with E-state index in [0.717, 1.165) is 0 Å². The highest BCUT2D eigenvalue weighted by molar-refractivity contribution is 6.20. The Labute approximate surface area is 92.0 Å². The smallest absolute Gasteiger partial charge is 0.0336 e. The summed E-state index contributed by atoms with van der Waals surface area (Å²) < 4.78 is 0. The Morgan fingerprint density at radius 2 is 0.846 bits per heavy atom. The van der Waals surface area contributed by atoms with Crippen LogP contribution < -0.4 is 0 Å². The Balaban J connectivity index is 0.000000132. The van der Waals surface area contributed by atoms with Crippen molar-refractivity contribution in [3.05, 3.63) is 0 Å². The van der Waals surface area contributed by atoms with Crippen LogP contribution in [0.3, 0.4) is 0 Å². The van der Waals surface area contributed by atoms with E-state index >= 15 is 0 Å². The van der Waals surface area contributed by atoms with Crippen LogP contribution in [0.5, 0.6) is 0 Å². The predicted octanol–water partition coefficient (Wildman–Crippen LogP) is 4.73. The van der Waals surface area contributed by atoms with Gasteiger partial charge < -0.3 is 0 Å². The first-order valence-corrected chi connectivity index (χ1v) is 6.44. The van der Waals surface area contributed by atoms with Crippen molar-refractivity contribution in [2.75, 3.05) is 0 Å². The summed E-state index contributed by atoms with van der Waals surface area (Å²) in [5.74, 6) is 0. The van der Waals surface area contributed by atoms with Crippen molar-refractivity contribution in [1.82, 2.24) is 0 Å². The molecule has 0 bridgehead atoms. The fraction of sp³-hybridized carbons (Fsp3) is 1.00. The fourth-order valence-electron chi connectivity index (χ4n) is 1.93. The molecule has 0 nitrogen and oxygen atoms in total. The normalized spacial score (nSPS) is 25.4. The van der Waals surface area contributed by atoms with Crippen LogP contribution in [0.2, 0.25) is 0 Å². The molecular formula is C11H20Cl2. The molecule has 0 N–H and O–H groups in total. The van der Waals surface area contributed by atoms with E-state index in [-0.39, 0.29) is 0 Å². The molecule has 2 fully saturated rings. The quantitative estimate of drug-likeness (QED) is 0.521. The minimum atomic E-state index is 0.508. The Bertz CT molecular complexity index is 113. The number of halogens is 2. The van der Waals surface area contributed by atoms with Crippen LogP contribution in [-0.4, -0.2) is 10.8 Å². The molecule has 0 unspecified atom stereocenters. The van der Waals surface area contributed by atoms with Crippen LogP contribution in [-0.2, 0) is 0 Å². The average Bonchev–Trinajstić information content (AvgIpc) is 2.58. The van der Waals surface area contributed by atoms with Crippen LogP contribution in [0.4, 0.5) is 0 Å². The monoisotopic (exact) mass is 222 g/mol. The summed E-state index contributed by atoms with van der Waals surface area (Å²) in [6.07, 6.45) is 11.8. The first-order valence-electron chi connectivity index (χ1n) is 5.57. The van der Waals surface area contributed by atoms with Gasteiger partial charge >= 0.3 is 0 Å². The zero-order valence-corrected chi connectivity index (χ0v) is 9.79. The van der Waals surface area contributed by atoms with Crippen LogP contribution in [0.25, 0.3) is 0 Å². The van der Waals surface area contributed by atoms with Gasteiger partial charge in [-0.15, -0.1) is 23.2 Å². The van der Waals surface area contributed by atoms with E-state index in [9.17, 15) is 0 Å². The number of rotatable bonds is 0. The third-order valence-electron chi connectivity index (χ3n) is 2.82. The summed E-state index contributed by atoms with van der Waals surface area (Å²) in [6.45, 7) is 0. The van der Waals surface area contributed by atoms with Crippen LogP contribution in [0.1, 0.15) is 57.8 Å². The minimum absolute atomic E-state index is 0.508. The second-order valence-corrected chi connectivity index (χ2v) is 5.35. The van der Waals surface area contributed by atoms with E-state index in [1.54, 1.807) is 0 Å². The molecule has 78 valence electrons. The fourth-order valence-corrected chi connectivity index (χ4v) is 2.55. The van der Waals surface area contributed by atoms with Gasteiger partial charge in [0, 0.05) is 10.8 Å². The predicted molar refractivity (Wildman–Crippen MR) is 60.8 cm³/mol. The summed E-state index contributed by atoms with van der Waals surface area (Å²) in [7, 11) is 0. The molecule has 2 rings (SSSR count). The molecule has 0 amide bonds. The topological polar surface area (TPSA) is 0 Å². The molecule has 2 aliphatic carbocycles. The van der Waals surface area contributed by atoms with Crippen LogP contribution >= 0.6 is 23.2 Å². The van der Waals surface area contributed by atoms with Gasteiger partial charge in [0.15, 0.2) is 0 Å². The van der Waals surface area contributed by atoms with Crippen LogP contribution in [0.15, 0.2) is 0 Å². The first kappa shape index (κ1) is 11.7. The molecule has 13 heavy (non-hydrogen) atoms. The molecule has 0 atom stereocenters. The standard InChI is InChI=1S/C6H11Cl.C5H9Cl/c7-6-4-2-1-3-5-6;6-5-3-1-2-4-5/h6H,1-5H2;5H,1-4H2. The van der Waals surface area contributed by atoms with E-state index in [0.29, 0.717) is 10.8 Å². The molecule has 2 aliphatic rings. The lowest BCUT2D eigenvalue weighted by Gasteiger charge is -2.13. The van der Waals surface area contributed by atoms with Gasteiger partial charge in [-0.3, -0.25) is 0 Å². The lowest BCUT2D eigenvalue weighted by atomic mass is 10.0. The Morgan fingerprint density at radius 3 is 1.08 bits per heavy atom. The van der Waals surface area contributed by atoms with Gasteiger partial charge in [-0.25, -0.2) is 0 Å². The van der Waals surface area contributed by atoms with E-state index in [1.807, 2.05) is 0 Å². The Kier molecular flexibility index (Phi) is 6.23. The maximum atomic E-state index is 5.82.